The van der Waals surface area contributed by atoms with E-state index in [1.807, 2.05) is 66.9 Å². The summed E-state index contributed by atoms with van der Waals surface area (Å²) in [5, 5.41) is 0. The lowest BCUT2D eigenvalue weighted by Gasteiger charge is -2.30. The summed E-state index contributed by atoms with van der Waals surface area (Å²) in [6.45, 7) is 1.47. The van der Waals surface area contributed by atoms with Crippen molar-refractivity contribution in [3.63, 3.8) is 0 Å². The maximum absolute atomic E-state index is 12.3. The van der Waals surface area contributed by atoms with Crippen molar-refractivity contribution in [2.24, 2.45) is 5.92 Å². The van der Waals surface area contributed by atoms with Gasteiger partial charge in [0.1, 0.15) is 6.61 Å². The minimum Gasteiger partial charge on any atom is -0.461 e. The molecular weight excluding hydrogens is 370 g/mol. The Kier molecular flexibility index (Phi) is 7.31. The predicted octanol–water partition coefficient (Wildman–Crippen LogP) is 4.40. The number of thioether (sulfide) groups is 1. The number of likely N-dealkylation sites (tertiary alicyclic amines) is 1. The second-order valence-corrected chi connectivity index (χ2v) is 7.68. The molecule has 3 rings (SSSR count). The van der Waals surface area contributed by atoms with Gasteiger partial charge in [0.15, 0.2) is 0 Å². The van der Waals surface area contributed by atoms with Gasteiger partial charge in [0.05, 0.1) is 5.92 Å². The van der Waals surface area contributed by atoms with Crippen LogP contribution in [0.3, 0.4) is 0 Å². The van der Waals surface area contributed by atoms with E-state index < -0.39 is 0 Å². The van der Waals surface area contributed by atoms with Crippen molar-refractivity contribution in [2.45, 2.75) is 24.3 Å². The summed E-state index contributed by atoms with van der Waals surface area (Å²) < 4.78 is 5.48. The summed E-state index contributed by atoms with van der Waals surface area (Å²) in [4.78, 5) is 27.7. The summed E-state index contributed by atoms with van der Waals surface area (Å²) >= 11 is 1.68. The molecule has 1 heterocycles. The summed E-state index contributed by atoms with van der Waals surface area (Å²) in [6.07, 6.45) is 6.76. The molecular formula is C23H25NO3S. The van der Waals surface area contributed by atoms with Crippen LogP contribution in [0.1, 0.15) is 24.0 Å². The van der Waals surface area contributed by atoms with Crippen molar-refractivity contribution in [2.75, 3.05) is 19.3 Å². The van der Waals surface area contributed by atoms with E-state index in [0.717, 1.165) is 11.1 Å². The lowest BCUT2D eigenvalue weighted by atomic mass is 9.97. The first-order chi connectivity index (χ1) is 13.7. The van der Waals surface area contributed by atoms with Crippen LogP contribution >= 0.6 is 11.8 Å². The van der Waals surface area contributed by atoms with Gasteiger partial charge in [-0.3, -0.25) is 9.59 Å². The Balaban J connectivity index is 1.43. The maximum atomic E-state index is 12.3. The molecule has 1 fully saturated rings. The maximum Gasteiger partial charge on any atom is 0.309 e. The Bertz CT molecular complexity index is 810. The zero-order valence-corrected chi connectivity index (χ0v) is 16.9. The van der Waals surface area contributed by atoms with E-state index in [0.29, 0.717) is 32.5 Å². The van der Waals surface area contributed by atoms with Crippen LogP contribution in [0, 0.1) is 5.92 Å². The summed E-state index contributed by atoms with van der Waals surface area (Å²) in [7, 11) is 0. The minimum atomic E-state index is -0.166. The van der Waals surface area contributed by atoms with Gasteiger partial charge in [0, 0.05) is 24.1 Å². The number of esters is 1. The average molecular weight is 396 g/mol. The molecule has 0 N–H and O–H groups in total. The first-order valence-electron chi connectivity index (χ1n) is 9.47. The number of hydrogen-bond donors (Lipinski definition) is 0. The molecule has 2 aromatic rings. The Morgan fingerprint density at radius 1 is 1.07 bits per heavy atom. The van der Waals surface area contributed by atoms with Crippen LogP contribution in [0.5, 0.6) is 0 Å². The third kappa shape index (κ3) is 5.73. The molecule has 1 amide bonds. The van der Waals surface area contributed by atoms with Gasteiger partial charge in [0.2, 0.25) is 5.91 Å². The first-order valence-corrected chi connectivity index (χ1v) is 10.7. The fraction of sp³-hybridized carbons (Fsp3) is 0.304. The lowest BCUT2D eigenvalue weighted by Crippen LogP contribution is -2.39. The largest absolute Gasteiger partial charge is 0.461 e. The van der Waals surface area contributed by atoms with Crippen LogP contribution in [0.2, 0.25) is 0 Å². The number of benzene rings is 2. The Morgan fingerprint density at radius 3 is 2.39 bits per heavy atom. The van der Waals surface area contributed by atoms with Gasteiger partial charge in [-0.2, -0.15) is 0 Å². The number of ether oxygens (including phenoxy) is 1. The van der Waals surface area contributed by atoms with Crippen molar-refractivity contribution in [3.05, 3.63) is 71.8 Å². The van der Waals surface area contributed by atoms with E-state index in [1.165, 1.54) is 4.90 Å². The molecule has 4 nitrogen and oxygen atoms in total. The number of piperidine rings is 1. The molecule has 0 aromatic heterocycles. The zero-order valence-electron chi connectivity index (χ0n) is 16.0. The van der Waals surface area contributed by atoms with E-state index in [4.69, 9.17) is 4.74 Å². The highest BCUT2D eigenvalue weighted by molar-refractivity contribution is 7.98. The molecule has 1 aliphatic rings. The van der Waals surface area contributed by atoms with Gasteiger partial charge in [-0.15, -0.1) is 11.8 Å². The number of carbonyl (C=O) groups excluding carboxylic acids is 2. The van der Waals surface area contributed by atoms with E-state index in [9.17, 15) is 9.59 Å². The van der Waals surface area contributed by atoms with Crippen LogP contribution in [-0.2, 0) is 20.9 Å². The Hall–Kier alpha value is -2.53. The average Bonchev–Trinajstić information content (AvgIpc) is 2.77. The molecule has 0 atom stereocenters. The molecule has 0 saturated carbocycles. The molecule has 0 bridgehead atoms. The topological polar surface area (TPSA) is 46.6 Å². The molecule has 0 aliphatic carbocycles. The molecule has 1 saturated heterocycles. The van der Waals surface area contributed by atoms with Crippen LogP contribution in [0.15, 0.2) is 65.6 Å². The number of rotatable bonds is 6. The molecule has 0 radical (unpaired) electrons. The van der Waals surface area contributed by atoms with Gasteiger partial charge in [0.25, 0.3) is 0 Å². The van der Waals surface area contributed by atoms with Crippen LogP contribution in [0.25, 0.3) is 6.08 Å². The Labute approximate surface area is 170 Å². The summed E-state index contributed by atoms with van der Waals surface area (Å²) in [5.74, 6) is -0.307. The molecule has 0 unspecified atom stereocenters. The smallest absolute Gasteiger partial charge is 0.309 e. The van der Waals surface area contributed by atoms with Crippen LogP contribution < -0.4 is 0 Å². The van der Waals surface area contributed by atoms with E-state index in [2.05, 4.69) is 0 Å². The standard InChI is InChI=1S/C23H25NO3S/c1-28-21-10-7-19(8-11-21)17-27-23(26)20-13-15-24(16-14-20)22(25)12-9-18-5-3-2-4-6-18/h2-12,20H,13-17H2,1H3/b12-9+. The number of amides is 1. The van der Waals surface area contributed by atoms with Crippen molar-refractivity contribution in [1.29, 1.82) is 0 Å². The van der Waals surface area contributed by atoms with Crippen molar-refractivity contribution < 1.29 is 14.3 Å². The van der Waals surface area contributed by atoms with Gasteiger partial charge in [-0.05, 0) is 48.4 Å². The highest BCUT2D eigenvalue weighted by atomic mass is 32.2. The molecule has 1 aliphatic heterocycles. The fourth-order valence-corrected chi connectivity index (χ4v) is 3.57. The predicted molar refractivity (Wildman–Crippen MR) is 113 cm³/mol. The van der Waals surface area contributed by atoms with Crippen LogP contribution in [-0.4, -0.2) is 36.1 Å². The normalized spacial score (nSPS) is 15.0. The monoisotopic (exact) mass is 395 g/mol. The van der Waals surface area contributed by atoms with Crippen molar-refractivity contribution >= 4 is 29.7 Å². The molecule has 28 heavy (non-hydrogen) atoms. The van der Waals surface area contributed by atoms with Gasteiger partial charge in [-0.1, -0.05) is 42.5 Å². The summed E-state index contributed by atoms with van der Waals surface area (Å²) in [6, 6.07) is 17.8. The highest BCUT2D eigenvalue weighted by Gasteiger charge is 2.27. The number of hydrogen-bond acceptors (Lipinski definition) is 4. The van der Waals surface area contributed by atoms with Crippen LogP contribution in [0.4, 0.5) is 0 Å². The third-order valence-electron chi connectivity index (χ3n) is 4.90. The quantitative estimate of drug-likeness (QED) is 0.413. The third-order valence-corrected chi connectivity index (χ3v) is 5.64. The van der Waals surface area contributed by atoms with Crippen molar-refractivity contribution in [1.82, 2.24) is 4.90 Å². The zero-order chi connectivity index (χ0) is 19.8. The number of nitrogens with zero attached hydrogens (tertiary/aromatic N) is 1. The molecule has 5 heteroatoms. The second-order valence-electron chi connectivity index (χ2n) is 6.80. The SMILES string of the molecule is CSc1ccc(COC(=O)C2CCN(C(=O)/C=C/c3ccccc3)CC2)cc1. The van der Waals surface area contributed by atoms with Gasteiger partial charge in [-0.25, -0.2) is 0 Å². The molecule has 2 aromatic carbocycles. The molecule has 146 valence electrons. The van der Waals surface area contributed by atoms with Gasteiger partial charge >= 0.3 is 5.97 Å². The first kappa shape index (κ1) is 20.2. The van der Waals surface area contributed by atoms with Gasteiger partial charge < -0.3 is 9.64 Å². The molecule has 0 spiro atoms. The van der Waals surface area contributed by atoms with Crippen molar-refractivity contribution in [3.8, 4) is 0 Å². The fourth-order valence-electron chi connectivity index (χ4n) is 3.17. The minimum absolute atomic E-state index is 0.00967. The second kappa shape index (κ2) is 10.1. The van der Waals surface area contributed by atoms with E-state index >= 15 is 0 Å². The van der Waals surface area contributed by atoms with E-state index in [1.54, 1.807) is 22.7 Å². The van der Waals surface area contributed by atoms with E-state index in [-0.39, 0.29) is 17.8 Å². The number of carbonyl (C=O) groups is 2. The summed E-state index contributed by atoms with van der Waals surface area (Å²) in [5.41, 5.74) is 1.99. The Morgan fingerprint density at radius 2 is 1.75 bits per heavy atom. The highest BCUT2D eigenvalue weighted by Crippen LogP contribution is 2.20. The lowest BCUT2D eigenvalue weighted by molar-refractivity contribution is -0.152.